The quantitative estimate of drug-likeness (QED) is 0.649. The maximum atomic E-state index is 15.3. The molecule has 144 valence electrons. The van der Waals surface area contributed by atoms with E-state index < -0.39 is 5.82 Å². The van der Waals surface area contributed by atoms with Gasteiger partial charge < -0.3 is 20.8 Å². The minimum absolute atomic E-state index is 0.232. The van der Waals surface area contributed by atoms with Crippen molar-refractivity contribution in [3.8, 4) is 11.3 Å². The fourth-order valence-electron chi connectivity index (χ4n) is 3.23. The Hall–Kier alpha value is -3.42. The Morgan fingerprint density at radius 1 is 1.36 bits per heavy atom. The number of hydrogen-bond donors (Lipinski definition) is 3. The van der Waals surface area contributed by atoms with Gasteiger partial charge in [0.05, 0.1) is 22.2 Å². The number of benzene rings is 1. The highest BCUT2D eigenvalue weighted by Crippen LogP contribution is 2.32. The van der Waals surface area contributed by atoms with Crippen molar-refractivity contribution < 1.29 is 13.9 Å². The molecule has 1 amide bonds. The largest absolute Gasteiger partial charge is 0.475 e. The Bertz CT molecular complexity index is 1130. The number of nitrogens with one attached hydrogen (secondary N) is 2. The van der Waals surface area contributed by atoms with Gasteiger partial charge in [0.2, 0.25) is 5.90 Å². The predicted octanol–water partition coefficient (Wildman–Crippen LogP) is 2.87. The standard InChI is InChI=1S/C20H20FN5O2/c1-20(2)9-28-19(26-20)11-6-4-5-10(15(11)21)14-7-12-13(18(27)23-3)8-24-17(22)16(12)25-14/h4-8,25H,9H2,1-3H3,(H2,22,24)(H,23,27). The lowest BCUT2D eigenvalue weighted by Gasteiger charge is -2.07. The molecule has 0 atom stereocenters. The molecule has 1 aromatic carbocycles. The van der Waals surface area contributed by atoms with Crippen molar-refractivity contribution in [3.05, 3.63) is 47.4 Å². The van der Waals surface area contributed by atoms with Crippen LogP contribution in [-0.2, 0) is 4.74 Å². The summed E-state index contributed by atoms with van der Waals surface area (Å²) in [5, 5.41) is 3.14. The van der Waals surface area contributed by atoms with Crippen LogP contribution in [0, 0.1) is 5.82 Å². The monoisotopic (exact) mass is 381 g/mol. The van der Waals surface area contributed by atoms with E-state index in [4.69, 9.17) is 10.5 Å². The number of carbonyl (C=O) groups is 1. The van der Waals surface area contributed by atoms with Gasteiger partial charge in [-0.15, -0.1) is 0 Å². The first-order valence-corrected chi connectivity index (χ1v) is 8.82. The van der Waals surface area contributed by atoms with E-state index in [2.05, 4.69) is 20.3 Å². The molecule has 0 unspecified atom stereocenters. The van der Waals surface area contributed by atoms with Gasteiger partial charge in [-0.05, 0) is 32.0 Å². The van der Waals surface area contributed by atoms with Crippen molar-refractivity contribution in [2.45, 2.75) is 19.4 Å². The summed E-state index contributed by atoms with van der Waals surface area (Å²) in [6.45, 7) is 4.25. The maximum absolute atomic E-state index is 15.3. The van der Waals surface area contributed by atoms with Gasteiger partial charge in [-0.1, -0.05) is 6.07 Å². The average Bonchev–Trinajstić information content (AvgIpc) is 3.26. The van der Waals surface area contributed by atoms with Gasteiger partial charge in [0.15, 0.2) is 0 Å². The van der Waals surface area contributed by atoms with Crippen LogP contribution in [0.15, 0.2) is 35.5 Å². The van der Waals surface area contributed by atoms with E-state index in [0.717, 1.165) is 0 Å². The molecule has 0 bridgehead atoms. The molecule has 0 fully saturated rings. The third-order valence-electron chi connectivity index (χ3n) is 4.65. The molecule has 0 saturated heterocycles. The third-order valence-corrected chi connectivity index (χ3v) is 4.65. The number of rotatable bonds is 3. The first-order valence-electron chi connectivity index (χ1n) is 8.82. The lowest BCUT2D eigenvalue weighted by atomic mass is 10.1. The summed E-state index contributed by atoms with van der Waals surface area (Å²) in [4.78, 5) is 23.7. The SMILES string of the molecule is CNC(=O)c1cnc(N)c2[nH]c(-c3cccc(C4=NC(C)(C)CO4)c3F)cc12. The predicted molar refractivity (Wildman–Crippen MR) is 106 cm³/mol. The van der Waals surface area contributed by atoms with E-state index in [1.165, 1.54) is 13.2 Å². The fourth-order valence-corrected chi connectivity index (χ4v) is 3.23. The van der Waals surface area contributed by atoms with Crippen LogP contribution in [0.4, 0.5) is 10.2 Å². The summed E-state index contributed by atoms with van der Waals surface area (Å²) >= 11 is 0. The number of ether oxygens (including phenoxy) is 1. The van der Waals surface area contributed by atoms with Crippen LogP contribution in [-0.4, -0.2) is 41.0 Å². The van der Waals surface area contributed by atoms with Crippen LogP contribution in [0.5, 0.6) is 0 Å². The van der Waals surface area contributed by atoms with E-state index in [-0.39, 0.29) is 23.2 Å². The molecule has 0 aliphatic carbocycles. The number of anilines is 1. The van der Waals surface area contributed by atoms with Crippen LogP contribution in [0.1, 0.15) is 29.8 Å². The van der Waals surface area contributed by atoms with Crippen molar-refractivity contribution in [2.75, 3.05) is 19.4 Å². The van der Waals surface area contributed by atoms with Crippen molar-refractivity contribution in [1.82, 2.24) is 15.3 Å². The smallest absolute Gasteiger partial charge is 0.253 e. The lowest BCUT2D eigenvalue weighted by Crippen LogP contribution is -2.18. The molecule has 0 spiro atoms. The number of fused-ring (bicyclic) bond motifs is 1. The van der Waals surface area contributed by atoms with Gasteiger partial charge in [0.25, 0.3) is 5.91 Å². The topological polar surface area (TPSA) is 105 Å². The zero-order chi connectivity index (χ0) is 20.1. The highest BCUT2D eigenvalue weighted by Gasteiger charge is 2.29. The zero-order valence-electron chi connectivity index (χ0n) is 15.8. The van der Waals surface area contributed by atoms with Crippen LogP contribution < -0.4 is 11.1 Å². The Balaban J connectivity index is 1.87. The van der Waals surface area contributed by atoms with Crippen LogP contribution >= 0.6 is 0 Å². The molecule has 0 radical (unpaired) electrons. The molecule has 7 nitrogen and oxygen atoms in total. The fraction of sp³-hybridized carbons (Fsp3) is 0.250. The molecular formula is C20H20FN5O2. The number of carbonyl (C=O) groups excluding carboxylic acids is 1. The number of hydrogen-bond acceptors (Lipinski definition) is 5. The molecule has 3 aromatic rings. The van der Waals surface area contributed by atoms with Crippen molar-refractivity contribution in [2.24, 2.45) is 4.99 Å². The third kappa shape index (κ3) is 2.87. The lowest BCUT2D eigenvalue weighted by molar-refractivity contribution is 0.0964. The zero-order valence-corrected chi connectivity index (χ0v) is 15.8. The second-order valence-electron chi connectivity index (χ2n) is 7.29. The maximum Gasteiger partial charge on any atom is 0.253 e. The van der Waals surface area contributed by atoms with E-state index in [0.29, 0.717) is 39.9 Å². The van der Waals surface area contributed by atoms with Gasteiger partial charge in [-0.25, -0.2) is 14.4 Å². The van der Waals surface area contributed by atoms with Gasteiger partial charge >= 0.3 is 0 Å². The summed E-state index contributed by atoms with van der Waals surface area (Å²) in [5.41, 5.74) is 7.50. The number of halogens is 1. The molecule has 1 aliphatic rings. The molecule has 2 aromatic heterocycles. The van der Waals surface area contributed by atoms with Gasteiger partial charge in [0, 0.05) is 29.9 Å². The second kappa shape index (κ2) is 6.33. The number of H-pyrrole nitrogens is 1. The molecule has 4 rings (SSSR count). The van der Waals surface area contributed by atoms with E-state index in [9.17, 15) is 4.79 Å². The summed E-state index contributed by atoms with van der Waals surface area (Å²) in [5.74, 6) is -0.241. The molecule has 0 saturated carbocycles. The molecule has 8 heteroatoms. The molecule has 4 N–H and O–H groups in total. The van der Waals surface area contributed by atoms with E-state index in [1.54, 1.807) is 24.3 Å². The number of aromatic amines is 1. The summed E-state index contributed by atoms with van der Waals surface area (Å²) in [6, 6.07) is 6.71. The van der Waals surface area contributed by atoms with Gasteiger partial charge in [-0.3, -0.25) is 4.79 Å². The first-order chi connectivity index (χ1) is 13.3. The van der Waals surface area contributed by atoms with Crippen molar-refractivity contribution in [3.63, 3.8) is 0 Å². The van der Waals surface area contributed by atoms with Crippen molar-refractivity contribution >= 4 is 28.5 Å². The molecule has 3 heterocycles. The average molecular weight is 381 g/mol. The van der Waals surface area contributed by atoms with Gasteiger partial charge in [-0.2, -0.15) is 0 Å². The Kier molecular flexibility index (Phi) is 4.06. The van der Waals surface area contributed by atoms with Crippen LogP contribution in [0.3, 0.4) is 0 Å². The van der Waals surface area contributed by atoms with E-state index in [1.807, 2.05) is 13.8 Å². The van der Waals surface area contributed by atoms with Gasteiger partial charge in [0.1, 0.15) is 18.2 Å². The molecule has 1 aliphatic heterocycles. The summed E-state index contributed by atoms with van der Waals surface area (Å²) < 4.78 is 20.9. The Morgan fingerprint density at radius 3 is 2.79 bits per heavy atom. The number of nitrogens with two attached hydrogens (primary N) is 1. The number of pyridine rings is 1. The number of amides is 1. The number of nitrogen functional groups attached to an aromatic ring is 1. The molecular weight excluding hydrogens is 361 g/mol. The Labute approximate surface area is 160 Å². The highest BCUT2D eigenvalue weighted by atomic mass is 19.1. The minimum Gasteiger partial charge on any atom is -0.475 e. The first kappa shape index (κ1) is 18.0. The minimum atomic E-state index is -0.460. The summed E-state index contributed by atoms with van der Waals surface area (Å²) in [6.07, 6.45) is 1.41. The summed E-state index contributed by atoms with van der Waals surface area (Å²) in [7, 11) is 1.53. The normalized spacial score (nSPS) is 15.4. The second-order valence-corrected chi connectivity index (χ2v) is 7.29. The van der Waals surface area contributed by atoms with Crippen molar-refractivity contribution in [1.29, 1.82) is 0 Å². The number of aliphatic imine (C=N–C) groups is 1. The van der Waals surface area contributed by atoms with Crippen LogP contribution in [0.25, 0.3) is 22.2 Å². The van der Waals surface area contributed by atoms with Crippen LogP contribution in [0.2, 0.25) is 0 Å². The number of aromatic nitrogens is 2. The molecule has 28 heavy (non-hydrogen) atoms. The number of nitrogens with zero attached hydrogens (tertiary/aromatic N) is 2. The Morgan fingerprint density at radius 2 is 2.11 bits per heavy atom. The van der Waals surface area contributed by atoms with E-state index >= 15 is 4.39 Å². The highest BCUT2D eigenvalue weighted by molar-refractivity contribution is 6.09.